The Morgan fingerprint density at radius 2 is 1.83 bits per heavy atom. The molecule has 1 aliphatic rings. The molecule has 0 bridgehead atoms. The number of hydrogen-bond donors (Lipinski definition) is 1. The summed E-state index contributed by atoms with van der Waals surface area (Å²) in [6, 6.07) is 15.1. The number of carbonyl (C=O) groups is 2. The SMILES string of the molecule is CCOc1ccc(C(=O)C2CC(=O)Nc3c2c(C)nn3-c2ccc(CC)cc2)cc1. The summed E-state index contributed by atoms with van der Waals surface area (Å²) in [6.45, 7) is 6.46. The molecule has 1 amide bonds. The van der Waals surface area contributed by atoms with Gasteiger partial charge in [-0.05, 0) is 62.2 Å². The quantitative estimate of drug-likeness (QED) is 0.617. The van der Waals surface area contributed by atoms with Gasteiger partial charge in [-0.1, -0.05) is 19.1 Å². The summed E-state index contributed by atoms with van der Waals surface area (Å²) < 4.78 is 7.18. The molecule has 0 saturated heterocycles. The van der Waals surface area contributed by atoms with Crippen LogP contribution in [0.3, 0.4) is 0 Å². The van der Waals surface area contributed by atoms with Gasteiger partial charge >= 0.3 is 0 Å². The van der Waals surface area contributed by atoms with Crippen molar-refractivity contribution in [3.63, 3.8) is 0 Å². The van der Waals surface area contributed by atoms with E-state index in [4.69, 9.17) is 4.74 Å². The minimum Gasteiger partial charge on any atom is -0.494 e. The number of fused-ring (bicyclic) bond motifs is 1. The molecule has 0 saturated carbocycles. The van der Waals surface area contributed by atoms with Crippen LogP contribution in [0, 0.1) is 6.92 Å². The molecule has 1 aliphatic heterocycles. The van der Waals surface area contributed by atoms with Crippen molar-refractivity contribution in [3.05, 3.63) is 70.9 Å². The van der Waals surface area contributed by atoms with E-state index < -0.39 is 5.92 Å². The lowest BCUT2D eigenvalue weighted by Crippen LogP contribution is -2.28. The monoisotopic (exact) mass is 403 g/mol. The Bertz CT molecular complexity index is 1080. The Balaban J connectivity index is 1.72. The van der Waals surface area contributed by atoms with Crippen LogP contribution < -0.4 is 10.1 Å². The second-order valence-electron chi connectivity index (χ2n) is 7.41. The first-order valence-corrected chi connectivity index (χ1v) is 10.3. The lowest BCUT2D eigenvalue weighted by molar-refractivity contribution is -0.116. The number of nitrogens with zero attached hydrogens (tertiary/aromatic N) is 2. The van der Waals surface area contributed by atoms with Gasteiger partial charge in [0.15, 0.2) is 5.78 Å². The van der Waals surface area contributed by atoms with E-state index in [2.05, 4.69) is 17.3 Å². The number of benzene rings is 2. The lowest BCUT2D eigenvalue weighted by Gasteiger charge is -2.23. The maximum atomic E-state index is 13.3. The van der Waals surface area contributed by atoms with Crippen LogP contribution in [-0.2, 0) is 11.2 Å². The number of hydrogen-bond acceptors (Lipinski definition) is 4. The van der Waals surface area contributed by atoms with E-state index in [-0.39, 0.29) is 18.1 Å². The second-order valence-corrected chi connectivity index (χ2v) is 7.41. The fraction of sp³-hybridized carbons (Fsp3) is 0.292. The Kier molecular flexibility index (Phi) is 5.40. The highest BCUT2D eigenvalue weighted by atomic mass is 16.5. The van der Waals surface area contributed by atoms with Gasteiger partial charge in [-0.3, -0.25) is 9.59 Å². The molecule has 2 heterocycles. The molecule has 154 valence electrons. The van der Waals surface area contributed by atoms with E-state index in [1.54, 1.807) is 28.9 Å². The average Bonchev–Trinajstić information content (AvgIpc) is 3.09. The van der Waals surface area contributed by atoms with Crippen molar-refractivity contribution < 1.29 is 14.3 Å². The molecule has 2 aromatic carbocycles. The van der Waals surface area contributed by atoms with Gasteiger partial charge in [0.2, 0.25) is 5.91 Å². The van der Waals surface area contributed by atoms with Crippen molar-refractivity contribution in [2.75, 3.05) is 11.9 Å². The van der Waals surface area contributed by atoms with Crippen LogP contribution >= 0.6 is 0 Å². The van der Waals surface area contributed by atoms with Crippen molar-refractivity contribution in [3.8, 4) is 11.4 Å². The molecule has 0 fully saturated rings. The van der Waals surface area contributed by atoms with Crippen molar-refractivity contribution in [1.29, 1.82) is 0 Å². The van der Waals surface area contributed by atoms with Crippen molar-refractivity contribution >= 4 is 17.5 Å². The zero-order chi connectivity index (χ0) is 21.3. The summed E-state index contributed by atoms with van der Waals surface area (Å²) >= 11 is 0. The number of ether oxygens (including phenoxy) is 1. The van der Waals surface area contributed by atoms with Crippen LogP contribution in [0.4, 0.5) is 5.82 Å². The van der Waals surface area contributed by atoms with Gasteiger partial charge in [0.1, 0.15) is 11.6 Å². The number of Topliss-reactive ketones (excluding diaryl/α,β-unsaturated/α-hetero) is 1. The molecule has 1 atom stereocenters. The van der Waals surface area contributed by atoms with E-state index in [9.17, 15) is 9.59 Å². The third-order valence-electron chi connectivity index (χ3n) is 5.46. The minimum absolute atomic E-state index is 0.0851. The Hall–Kier alpha value is -3.41. The van der Waals surface area contributed by atoms with Gasteiger partial charge in [0.05, 0.1) is 23.9 Å². The number of nitrogens with one attached hydrogen (secondary N) is 1. The summed E-state index contributed by atoms with van der Waals surface area (Å²) in [5.41, 5.74) is 4.17. The maximum absolute atomic E-state index is 13.3. The van der Waals surface area contributed by atoms with Gasteiger partial charge in [-0.2, -0.15) is 5.10 Å². The normalized spacial score (nSPS) is 15.4. The Morgan fingerprint density at radius 1 is 1.13 bits per heavy atom. The molecular weight excluding hydrogens is 378 g/mol. The van der Waals surface area contributed by atoms with Crippen molar-refractivity contribution in [2.24, 2.45) is 0 Å². The predicted octanol–water partition coefficient (Wildman–Crippen LogP) is 4.45. The molecule has 6 nitrogen and oxygen atoms in total. The van der Waals surface area contributed by atoms with Crippen molar-refractivity contribution in [2.45, 2.75) is 39.5 Å². The Labute approximate surface area is 175 Å². The van der Waals surface area contributed by atoms with Crippen LogP contribution in [0.2, 0.25) is 0 Å². The minimum atomic E-state index is -0.560. The summed E-state index contributed by atoms with van der Waals surface area (Å²) in [5, 5.41) is 7.57. The molecule has 6 heteroatoms. The van der Waals surface area contributed by atoms with Crippen LogP contribution in [0.15, 0.2) is 48.5 Å². The van der Waals surface area contributed by atoms with Gasteiger partial charge in [-0.15, -0.1) is 0 Å². The fourth-order valence-corrected chi connectivity index (χ4v) is 3.91. The molecule has 1 N–H and O–H groups in total. The molecule has 1 aromatic heterocycles. The van der Waals surface area contributed by atoms with E-state index in [1.807, 2.05) is 38.1 Å². The zero-order valence-electron chi connectivity index (χ0n) is 17.4. The van der Waals surface area contributed by atoms with Gasteiger partial charge < -0.3 is 10.1 Å². The van der Waals surface area contributed by atoms with Crippen molar-refractivity contribution in [1.82, 2.24) is 9.78 Å². The van der Waals surface area contributed by atoms with Crippen LogP contribution in [0.25, 0.3) is 5.69 Å². The molecule has 4 rings (SSSR count). The number of anilines is 1. The zero-order valence-corrected chi connectivity index (χ0v) is 17.4. The van der Waals surface area contributed by atoms with Gasteiger partial charge in [-0.25, -0.2) is 4.68 Å². The number of rotatable bonds is 6. The van der Waals surface area contributed by atoms with E-state index in [0.29, 0.717) is 18.0 Å². The predicted molar refractivity (Wildman–Crippen MR) is 116 cm³/mol. The highest BCUT2D eigenvalue weighted by Gasteiger charge is 2.36. The van der Waals surface area contributed by atoms with E-state index in [1.165, 1.54) is 5.56 Å². The maximum Gasteiger partial charge on any atom is 0.226 e. The molecule has 1 unspecified atom stereocenters. The van der Waals surface area contributed by atoms with Crippen LogP contribution in [-0.4, -0.2) is 28.1 Å². The fourth-order valence-electron chi connectivity index (χ4n) is 3.91. The largest absolute Gasteiger partial charge is 0.494 e. The first-order chi connectivity index (χ1) is 14.5. The lowest BCUT2D eigenvalue weighted by atomic mass is 9.85. The average molecular weight is 403 g/mol. The van der Waals surface area contributed by atoms with Gasteiger partial charge in [0.25, 0.3) is 0 Å². The number of carbonyl (C=O) groups excluding carboxylic acids is 2. The molecule has 30 heavy (non-hydrogen) atoms. The topological polar surface area (TPSA) is 73.2 Å². The first kappa shape index (κ1) is 19.9. The number of ketones is 1. The van der Waals surface area contributed by atoms with E-state index >= 15 is 0 Å². The number of aryl methyl sites for hydroxylation is 2. The van der Waals surface area contributed by atoms with Crippen LogP contribution in [0.5, 0.6) is 5.75 Å². The Morgan fingerprint density at radius 3 is 2.47 bits per heavy atom. The highest BCUT2D eigenvalue weighted by molar-refractivity contribution is 6.08. The molecule has 0 radical (unpaired) electrons. The summed E-state index contributed by atoms with van der Waals surface area (Å²) in [6.07, 6.45) is 1.06. The molecule has 3 aromatic rings. The van der Waals surface area contributed by atoms with Crippen LogP contribution in [0.1, 0.15) is 53.4 Å². The highest BCUT2D eigenvalue weighted by Crippen LogP contribution is 2.38. The van der Waals surface area contributed by atoms with Gasteiger partial charge in [0, 0.05) is 17.5 Å². The standard InChI is InChI=1S/C24H25N3O3/c1-4-16-6-10-18(11-7-16)27-24-22(15(3)26-27)20(14-21(28)25-24)23(29)17-8-12-19(13-9-17)30-5-2/h6-13,20H,4-5,14H2,1-3H3,(H,25,28). The summed E-state index contributed by atoms with van der Waals surface area (Å²) in [5.74, 6) is 0.472. The first-order valence-electron chi connectivity index (χ1n) is 10.3. The third kappa shape index (κ3) is 3.61. The molecular formula is C24H25N3O3. The molecule has 0 spiro atoms. The summed E-state index contributed by atoms with van der Waals surface area (Å²) in [7, 11) is 0. The third-order valence-corrected chi connectivity index (χ3v) is 5.46. The van der Waals surface area contributed by atoms with E-state index in [0.717, 1.165) is 29.1 Å². The molecule has 0 aliphatic carbocycles. The number of amides is 1. The second kappa shape index (κ2) is 8.14. The smallest absolute Gasteiger partial charge is 0.226 e. The summed E-state index contributed by atoms with van der Waals surface area (Å²) in [4.78, 5) is 25.8. The number of aromatic nitrogens is 2.